The van der Waals surface area contributed by atoms with Crippen molar-refractivity contribution in [3.63, 3.8) is 0 Å². The van der Waals surface area contributed by atoms with Gasteiger partial charge in [0, 0.05) is 43.9 Å². The van der Waals surface area contributed by atoms with Crippen LogP contribution in [0.25, 0.3) is 0 Å². The largest absolute Gasteiger partial charge is 0.459 e. The second-order valence-electron chi connectivity index (χ2n) is 7.58. The zero-order valence-electron chi connectivity index (χ0n) is 17.2. The normalized spacial score (nSPS) is 14.3. The van der Waals surface area contributed by atoms with Gasteiger partial charge in [0.2, 0.25) is 0 Å². The summed E-state index contributed by atoms with van der Waals surface area (Å²) in [6, 6.07) is 12.0. The first-order valence-electron chi connectivity index (χ1n) is 9.98. The molecule has 6 heteroatoms. The van der Waals surface area contributed by atoms with Crippen LogP contribution in [0.3, 0.4) is 0 Å². The number of carbonyl (C=O) groups is 1. The standard InChI is InChI=1S/C23H26N4O2/c1-16-6-4-7-19(14-16)15-20-17(2)24-18(3)25-22(20)26-9-11-27(12-10-26)23(28)21-8-5-13-29-21/h4-8,13-14H,9-12,15H2,1-3H3. The van der Waals surface area contributed by atoms with E-state index in [4.69, 9.17) is 9.40 Å². The van der Waals surface area contributed by atoms with Gasteiger partial charge in [-0.1, -0.05) is 29.8 Å². The van der Waals surface area contributed by atoms with Gasteiger partial charge >= 0.3 is 0 Å². The molecule has 4 rings (SSSR count). The van der Waals surface area contributed by atoms with Crippen LogP contribution < -0.4 is 4.90 Å². The SMILES string of the molecule is Cc1cccc(Cc2c(C)nc(C)nc2N2CCN(C(=O)c3ccco3)CC2)c1. The van der Waals surface area contributed by atoms with Gasteiger partial charge in [-0.25, -0.2) is 9.97 Å². The fourth-order valence-corrected chi connectivity index (χ4v) is 3.89. The second-order valence-corrected chi connectivity index (χ2v) is 7.58. The Balaban J connectivity index is 1.55. The van der Waals surface area contributed by atoms with Crippen LogP contribution in [-0.2, 0) is 6.42 Å². The van der Waals surface area contributed by atoms with Crippen LogP contribution in [-0.4, -0.2) is 47.0 Å². The van der Waals surface area contributed by atoms with Crippen molar-refractivity contribution in [2.24, 2.45) is 0 Å². The molecule has 0 saturated carbocycles. The molecule has 150 valence electrons. The van der Waals surface area contributed by atoms with Crippen molar-refractivity contribution >= 4 is 11.7 Å². The molecule has 1 aliphatic rings. The maximum atomic E-state index is 12.5. The Morgan fingerprint density at radius 3 is 2.52 bits per heavy atom. The molecule has 0 radical (unpaired) electrons. The van der Waals surface area contributed by atoms with E-state index in [-0.39, 0.29) is 5.91 Å². The minimum Gasteiger partial charge on any atom is -0.459 e. The molecule has 0 unspecified atom stereocenters. The number of amides is 1. The number of piperazine rings is 1. The molecule has 0 atom stereocenters. The van der Waals surface area contributed by atoms with E-state index < -0.39 is 0 Å². The van der Waals surface area contributed by atoms with Crippen molar-refractivity contribution in [3.05, 3.63) is 76.6 Å². The number of nitrogens with zero attached hydrogens (tertiary/aromatic N) is 4. The maximum absolute atomic E-state index is 12.5. The van der Waals surface area contributed by atoms with Crippen molar-refractivity contribution in [2.75, 3.05) is 31.1 Å². The zero-order chi connectivity index (χ0) is 20.4. The monoisotopic (exact) mass is 390 g/mol. The number of anilines is 1. The summed E-state index contributed by atoms with van der Waals surface area (Å²) in [4.78, 5) is 26.1. The molecule has 29 heavy (non-hydrogen) atoms. The van der Waals surface area contributed by atoms with Crippen LogP contribution in [0.2, 0.25) is 0 Å². The second kappa shape index (κ2) is 8.07. The first-order valence-corrected chi connectivity index (χ1v) is 9.98. The summed E-state index contributed by atoms with van der Waals surface area (Å²) in [5.41, 5.74) is 4.68. The number of benzene rings is 1. The quantitative estimate of drug-likeness (QED) is 0.682. The van der Waals surface area contributed by atoms with Crippen molar-refractivity contribution in [2.45, 2.75) is 27.2 Å². The van der Waals surface area contributed by atoms with E-state index in [1.54, 1.807) is 12.1 Å². The molecule has 1 aliphatic heterocycles. The van der Waals surface area contributed by atoms with Gasteiger partial charge in [0.05, 0.1) is 6.26 Å². The van der Waals surface area contributed by atoms with Crippen LogP contribution in [0.4, 0.5) is 5.82 Å². The number of aromatic nitrogens is 2. The maximum Gasteiger partial charge on any atom is 0.289 e. The highest BCUT2D eigenvalue weighted by atomic mass is 16.3. The highest BCUT2D eigenvalue weighted by Gasteiger charge is 2.26. The highest BCUT2D eigenvalue weighted by Crippen LogP contribution is 2.25. The molecule has 1 aromatic carbocycles. The average molecular weight is 390 g/mol. The van der Waals surface area contributed by atoms with E-state index in [0.29, 0.717) is 18.8 Å². The molecular weight excluding hydrogens is 364 g/mol. The number of hydrogen-bond acceptors (Lipinski definition) is 5. The van der Waals surface area contributed by atoms with Crippen LogP contribution in [0.1, 0.15) is 38.8 Å². The fraction of sp³-hybridized carbons (Fsp3) is 0.348. The van der Waals surface area contributed by atoms with E-state index in [1.807, 2.05) is 11.8 Å². The van der Waals surface area contributed by atoms with Crippen molar-refractivity contribution in [1.82, 2.24) is 14.9 Å². The average Bonchev–Trinajstić information content (AvgIpc) is 3.24. The zero-order valence-corrected chi connectivity index (χ0v) is 17.2. The Labute approximate surface area is 171 Å². The van der Waals surface area contributed by atoms with Crippen LogP contribution in [0.5, 0.6) is 0 Å². The third-order valence-corrected chi connectivity index (χ3v) is 5.37. The van der Waals surface area contributed by atoms with Crippen molar-refractivity contribution in [3.8, 4) is 0 Å². The molecule has 2 aromatic heterocycles. The van der Waals surface area contributed by atoms with Crippen LogP contribution in [0, 0.1) is 20.8 Å². The lowest BCUT2D eigenvalue weighted by Gasteiger charge is -2.36. The Morgan fingerprint density at radius 2 is 1.83 bits per heavy atom. The smallest absolute Gasteiger partial charge is 0.289 e. The molecule has 0 bridgehead atoms. The molecular formula is C23H26N4O2. The molecule has 1 fully saturated rings. The summed E-state index contributed by atoms with van der Waals surface area (Å²) in [6.07, 6.45) is 2.34. The number of aryl methyl sites for hydroxylation is 3. The minimum atomic E-state index is -0.0512. The number of hydrogen-bond donors (Lipinski definition) is 0. The van der Waals surface area contributed by atoms with E-state index in [0.717, 1.165) is 42.4 Å². The van der Waals surface area contributed by atoms with Gasteiger partial charge < -0.3 is 14.2 Å². The summed E-state index contributed by atoms with van der Waals surface area (Å²) in [7, 11) is 0. The molecule has 1 saturated heterocycles. The first-order chi connectivity index (χ1) is 14.0. The summed E-state index contributed by atoms with van der Waals surface area (Å²) < 4.78 is 5.26. The van der Waals surface area contributed by atoms with Crippen molar-refractivity contribution in [1.29, 1.82) is 0 Å². The predicted octanol–water partition coefficient (Wildman–Crippen LogP) is 3.55. The topological polar surface area (TPSA) is 62.5 Å². The Bertz CT molecular complexity index is 1010. The van der Waals surface area contributed by atoms with Crippen molar-refractivity contribution < 1.29 is 9.21 Å². The van der Waals surface area contributed by atoms with Gasteiger partial charge in [-0.3, -0.25) is 4.79 Å². The third kappa shape index (κ3) is 4.16. The number of carbonyl (C=O) groups excluding carboxylic acids is 1. The summed E-state index contributed by atoms with van der Waals surface area (Å²) in [5.74, 6) is 2.11. The fourth-order valence-electron chi connectivity index (χ4n) is 3.89. The van der Waals surface area contributed by atoms with Gasteiger partial charge in [0.25, 0.3) is 5.91 Å². The molecule has 0 aliphatic carbocycles. The lowest BCUT2D eigenvalue weighted by atomic mass is 10.0. The molecule has 1 amide bonds. The predicted molar refractivity (Wildman–Crippen MR) is 112 cm³/mol. The van der Waals surface area contributed by atoms with Gasteiger partial charge in [0.1, 0.15) is 11.6 Å². The Hall–Kier alpha value is -3.15. The summed E-state index contributed by atoms with van der Waals surface area (Å²) in [6.45, 7) is 8.87. The van der Waals surface area contributed by atoms with Gasteiger partial charge in [-0.15, -0.1) is 0 Å². The molecule has 6 nitrogen and oxygen atoms in total. The Morgan fingerprint density at radius 1 is 1.03 bits per heavy atom. The minimum absolute atomic E-state index is 0.0512. The van der Waals surface area contributed by atoms with E-state index in [2.05, 4.69) is 48.0 Å². The summed E-state index contributed by atoms with van der Waals surface area (Å²) >= 11 is 0. The molecule has 0 N–H and O–H groups in total. The lowest BCUT2D eigenvalue weighted by molar-refractivity contribution is 0.0714. The van der Waals surface area contributed by atoms with E-state index >= 15 is 0 Å². The molecule has 0 spiro atoms. The van der Waals surface area contributed by atoms with Gasteiger partial charge in [0.15, 0.2) is 5.76 Å². The number of rotatable bonds is 4. The summed E-state index contributed by atoms with van der Waals surface area (Å²) in [5, 5.41) is 0. The Kier molecular flexibility index (Phi) is 5.34. The third-order valence-electron chi connectivity index (χ3n) is 5.37. The van der Waals surface area contributed by atoms with E-state index in [1.165, 1.54) is 17.4 Å². The van der Waals surface area contributed by atoms with Crippen LogP contribution >= 0.6 is 0 Å². The lowest BCUT2D eigenvalue weighted by Crippen LogP contribution is -2.49. The van der Waals surface area contributed by atoms with Gasteiger partial charge in [-0.2, -0.15) is 0 Å². The first kappa shape index (κ1) is 19.2. The van der Waals surface area contributed by atoms with Crippen LogP contribution in [0.15, 0.2) is 47.1 Å². The van der Waals surface area contributed by atoms with Gasteiger partial charge in [-0.05, 0) is 38.5 Å². The van der Waals surface area contributed by atoms with E-state index in [9.17, 15) is 4.79 Å². The highest BCUT2D eigenvalue weighted by molar-refractivity contribution is 5.91. The number of furan rings is 1. The molecule has 3 aromatic rings. The molecule has 3 heterocycles.